The molecule has 0 unspecified atom stereocenters. The zero-order valence-corrected chi connectivity index (χ0v) is 18.5. The molecule has 0 fully saturated rings. The quantitative estimate of drug-likeness (QED) is 0.315. The lowest BCUT2D eigenvalue weighted by atomic mass is 9.88. The highest BCUT2D eigenvalue weighted by Crippen LogP contribution is 2.50. The molecule has 1 aliphatic heterocycles. The largest absolute Gasteiger partial charge is 0.401 e. The van der Waals surface area contributed by atoms with E-state index < -0.39 is 24.2 Å². The average molecular weight is 495 g/mol. The second-order valence-corrected chi connectivity index (χ2v) is 7.86. The van der Waals surface area contributed by atoms with Gasteiger partial charge in [0.05, 0.1) is 29.5 Å². The van der Waals surface area contributed by atoms with Crippen LogP contribution in [0, 0.1) is 5.41 Å². The zero-order valence-electron chi connectivity index (χ0n) is 17.8. The van der Waals surface area contributed by atoms with Gasteiger partial charge in [-0.25, -0.2) is 19.3 Å². The molecule has 4 heterocycles. The van der Waals surface area contributed by atoms with Crippen molar-refractivity contribution in [1.29, 1.82) is 5.41 Å². The third kappa shape index (κ3) is 3.85. The van der Waals surface area contributed by atoms with Gasteiger partial charge in [-0.05, 0) is 19.1 Å². The van der Waals surface area contributed by atoms with Gasteiger partial charge in [-0.3, -0.25) is 15.6 Å². The molecule has 0 saturated heterocycles. The van der Waals surface area contributed by atoms with Gasteiger partial charge in [0.15, 0.2) is 16.6 Å². The summed E-state index contributed by atoms with van der Waals surface area (Å²) in [7, 11) is 1.59. The normalized spacial score (nSPS) is 17.8. The van der Waals surface area contributed by atoms with Crippen LogP contribution in [0.25, 0.3) is 5.65 Å². The third-order valence-electron chi connectivity index (χ3n) is 5.29. The molecule has 0 bridgehead atoms. The van der Waals surface area contributed by atoms with Crippen LogP contribution >= 0.6 is 11.6 Å². The van der Waals surface area contributed by atoms with Crippen LogP contribution in [0.2, 0.25) is 5.15 Å². The van der Waals surface area contributed by atoms with E-state index in [2.05, 4.69) is 36.2 Å². The molecule has 3 aromatic rings. The van der Waals surface area contributed by atoms with Crippen LogP contribution in [0.1, 0.15) is 12.6 Å². The Balaban J connectivity index is 1.68. The maximum absolute atomic E-state index is 14.2. The fraction of sp³-hybridized carbons (Fsp3) is 0.263. The smallest absolute Gasteiger partial charge is 0.371 e. The number of nitrogens with zero attached hydrogens (tertiary/aromatic N) is 6. The van der Waals surface area contributed by atoms with Crippen LogP contribution < -0.4 is 21.0 Å². The first-order valence-electron chi connectivity index (χ1n) is 9.76. The fourth-order valence-electron chi connectivity index (χ4n) is 3.62. The molecule has 0 aliphatic carbocycles. The van der Waals surface area contributed by atoms with Gasteiger partial charge in [-0.2, -0.15) is 23.4 Å². The molecule has 3 aromatic heterocycles. The molecule has 0 spiro atoms. The number of hydrazone groups is 1. The number of amides is 2. The Labute approximate surface area is 195 Å². The minimum Gasteiger partial charge on any atom is -0.371 e. The summed E-state index contributed by atoms with van der Waals surface area (Å²) in [6.07, 6.45) is -1.29. The average Bonchev–Trinajstić information content (AvgIpc) is 3.31. The van der Waals surface area contributed by atoms with Crippen LogP contribution in [0.3, 0.4) is 0 Å². The van der Waals surface area contributed by atoms with Gasteiger partial charge < -0.3 is 10.7 Å². The van der Waals surface area contributed by atoms with E-state index in [1.807, 2.05) is 0 Å². The summed E-state index contributed by atoms with van der Waals surface area (Å²) in [5.74, 6) is 0.408. The first kappa shape index (κ1) is 23.2. The number of carbonyl (C=O) groups is 1. The number of halogens is 4. The number of pyridine rings is 1. The standard InChI is InChI=1S/C19H18ClF3N10O/c1-18(19(21,22)23)9-32(11-8-26-14-7-12(20)31-33(14)15(11)18)17(34)29-13-4-3-10(16(25-2)28-13)30-27-6-5-24/h3-8,24,30H,9H2,1-2H3,(H2,25,28,29,34)/b24-5?,27-6-/t18-/m1/s1. The van der Waals surface area contributed by atoms with Crippen LogP contribution in [0.5, 0.6) is 0 Å². The maximum atomic E-state index is 14.2. The Bertz CT molecular complexity index is 1310. The second kappa shape index (κ2) is 8.44. The lowest BCUT2D eigenvalue weighted by Crippen LogP contribution is -2.46. The Morgan fingerprint density at radius 1 is 1.38 bits per heavy atom. The van der Waals surface area contributed by atoms with Gasteiger partial charge >= 0.3 is 12.2 Å². The minimum absolute atomic E-state index is 0.0178. The Morgan fingerprint density at radius 2 is 2.15 bits per heavy atom. The molecule has 0 saturated carbocycles. The SMILES string of the molecule is CNc1nc(NC(=O)N2C[C@@](C)(C(F)(F)F)c3c2cnc2cc(Cl)nn32)ccc1N/N=C\C=N. The van der Waals surface area contributed by atoms with Gasteiger partial charge in [0.1, 0.15) is 11.2 Å². The summed E-state index contributed by atoms with van der Waals surface area (Å²) in [4.78, 5) is 22.4. The molecule has 1 atom stereocenters. The fourth-order valence-corrected chi connectivity index (χ4v) is 3.80. The van der Waals surface area contributed by atoms with Crippen molar-refractivity contribution < 1.29 is 18.0 Å². The molecule has 2 amide bonds. The molecule has 178 valence electrons. The maximum Gasteiger partial charge on any atom is 0.401 e. The van der Waals surface area contributed by atoms with Crippen molar-refractivity contribution >= 4 is 58.7 Å². The molecule has 34 heavy (non-hydrogen) atoms. The summed E-state index contributed by atoms with van der Waals surface area (Å²) < 4.78 is 43.6. The summed E-state index contributed by atoms with van der Waals surface area (Å²) in [6.45, 7) is 0.313. The van der Waals surface area contributed by atoms with E-state index in [4.69, 9.17) is 17.0 Å². The molecule has 1 aliphatic rings. The number of aromatic nitrogens is 4. The second-order valence-electron chi connectivity index (χ2n) is 7.47. The van der Waals surface area contributed by atoms with E-state index in [0.29, 0.717) is 11.5 Å². The number of fused-ring (bicyclic) bond motifs is 3. The van der Waals surface area contributed by atoms with E-state index in [0.717, 1.165) is 22.6 Å². The van der Waals surface area contributed by atoms with Gasteiger partial charge in [-0.15, -0.1) is 0 Å². The van der Waals surface area contributed by atoms with E-state index in [9.17, 15) is 18.0 Å². The highest BCUT2D eigenvalue weighted by molar-refractivity contribution is 6.29. The summed E-state index contributed by atoms with van der Waals surface area (Å²) >= 11 is 5.89. The molecular weight excluding hydrogens is 477 g/mol. The number of carbonyl (C=O) groups excluding carboxylic acids is 1. The van der Waals surface area contributed by atoms with E-state index in [1.165, 1.54) is 24.5 Å². The number of nitrogens with one attached hydrogen (secondary N) is 4. The van der Waals surface area contributed by atoms with Crippen molar-refractivity contribution in [3.8, 4) is 0 Å². The van der Waals surface area contributed by atoms with Crippen LogP contribution in [-0.4, -0.2) is 57.8 Å². The van der Waals surface area contributed by atoms with Crippen LogP contribution in [0.15, 0.2) is 29.5 Å². The van der Waals surface area contributed by atoms with Crippen molar-refractivity contribution in [2.75, 3.05) is 34.6 Å². The van der Waals surface area contributed by atoms with Crippen LogP contribution in [0.4, 0.5) is 41.0 Å². The lowest BCUT2D eigenvalue weighted by molar-refractivity contribution is -0.181. The van der Waals surface area contributed by atoms with Gasteiger partial charge in [0.2, 0.25) is 0 Å². The number of hydrogen-bond donors (Lipinski definition) is 4. The predicted molar refractivity (Wildman–Crippen MR) is 122 cm³/mol. The van der Waals surface area contributed by atoms with Crippen molar-refractivity contribution in [2.24, 2.45) is 5.10 Å². The zero-order chi connectivity index (χ0) is 24.7. The molecule has 4 N–H and O–H groups in total. The van der Waals surface area contributed by atoms with Crippen molar-refractivity contribution in [3.05, 3.63) is 35.2 Å². The number of rotatable bonds is 5. The third-order valence-corrected chi connectivity index (χ3v) is 5.48. The van der Waals surface area contributed by atoms with Crippen LogP contribution in [-0.2, 0) is 5.41 Å². The number of anilines is 4. The highest BCUT2D eigenvalue weighted by Gasteiger charge is 2.60. The van der Waals surface area contributed by atoms with Gasteiger partial charge in [-0.1, -0.05) is 11.6 Å². The van der Waals surface area contributed by atoms with E-state index >= 15 is 0 Å². The van der Waals surface area contributed by atoms with E-state index in [-0.39, 0.29) is 28.0 Å². The summed E-state index contributed by atoms with van der Waals surface area (Å²) in [5, 5.41) is 20.0. The molecule has 4 rings (SSSR count). The van der Waals surface area contributed by atoms with Gasteiger partial charge in [0.25, 0.3) is 0 Å². The number of hydrogen-bond acceptors (Lipinski definition) is 8. The first-order valence-corrected chi connectivity index (χ1v) is 10.1. The van der Waals surface area contributed by atoms with E-state index in [1.54, 1.807) is 13.1 Å². The Kier molecular flexibility index (Phi) is 5.77. The summed E-state index contributed by atoms with van der Waals surface area (Å²) in [5.41, 5.74) is 0.570. The van der Waals surface area contributed by atoms with Crippen molar-refractivity contribution in [1.82, 2.24) is 19.6 Å². The number of alkyl halides is 3. The Morgan fingerprint density at radius 3 is 2.82 bits per heavy atom. The molecule has 0 aromatic carbocycles. The topological polar surface area (TPSA) is 136 Å². The summed E-state index contributed by atoms with van der Waals surface area (Å²) in [6, 6.07) is 3.53. The first-order chi connectivity index (χ1) is 16.1. The molecular formula is C19H18ClF3N10O. The Hall–Kier alpha value is -3.94. The lowest BCUT2D eigenvalue weighted by Gasteiger charge is -2.28. The molecule has 0 radical (unpaired) electrons. The molecule has 15 heteroatoms. The highest BCUT2D eigenvalue weighted by atomic mass is 35.5. The van der Waals surface area contributed by atoms with Crippen molar-refractivity contribution in [2.45, 2.75) is 18.5 Å². The monoisotopic (exact) mass is 494 g/mol. The molecule has 11 nitrogen and oxygen atoms in total. The predicted octanol–water partition coefficient (Wildman–Crippen LogP) is 3.74. The number of urea groups is 1. The van der Waals surface area contributed by atoms with Gasteiger partial charge in [0, 0.05) is 25.9 Å². The van der Waals surface area contributed by atoms with Crippen molar-refractivity contribution in [3.63, 3.8) is 0 Å². The minimum atomic E-state index is -4.69.